The van der Waals surface area contributed by atoms with E-state index in [2.05, 4.69) is 4.98 Å². The van der Waals surface area contributed by atoms with E-state index in [4.69, 9.17) is 16.3 Å². The molecule has 1 aromatic carbocycles. The lowest BCUT2D eigenvalue weighted by molar-refractivity contribution is -0.134. The van der Waals surface area contributed by atoms with Crippen LogP contribution in [0.1, 0.15) is 16.8 Å². The molecule has 1 aromatic heterocycles. The van der Waals surface area contributed by atoms with E-state index < -0.39 is 28.3 Å². The van der Waals surface area contributed by atoms with Crippen LogP contribution in [0.4, 0.5) is 0 Å². The lowest BCUT2D eigenvalue weighted by Gasteiger charge is -2.23. The van der Waals surface area contributed by atoms with Gasteiger partial charge in [-0.3, -0.25) is 4.79 Å². The van der Waals surface area contributed by atoms with Crippen molar-refractivity contribution in [2.75, 3.05) is 25.2 Å². The van der Waals surface area contributed by atoms with Gasteiger partial charge in [0.05, 0.1) is 22.6 Å². The third-order valence-electron chi connectivity index (χ3n) is 4.38. The van der Waals surface area contributed by atoms with Crippen LogP contribution in [0.5, 0.6) is 0 Å². The summed E-state index contributed by atoms with van der Waals surface area (Å²) in [4.78, 5) is 30.1. The fourth-order valence-electron chi connectivity index (χ4n) is 2.90. The Morgan fingerprint density at radius 1 is 1.35 bits per heavy atom. The normalized spacial score (nSPS) is 18.6. The molecule has 138 valence electrons. The van der Waals surface area contributed by atoms with Gasteiger partial charge in [0, 0.05) is 18.5 Å². The van der Waals surface area contributed by atoms with Crippen molar-refractivity contribution in [3.63, 3.8) is 0 Å². The van der Waals surface area contributed by atoms with E-state index in [9.17, 15) is 18.0 Å². The standard InChI is InChI=1S/C17H17ClN2O5S/c1-20(11-6-7-26(23,24)10-11)16(21)9-25-17(22)13-8-15(18)19-14-5-3-2-4-12(13)14/h2-5,8,11H,6-7,9-10H2,1H3. The number of para-hydroxylation sites is 1. The summed E-state index contributed by atoms with van der Waals surface area (Å²) >= 11 is 5.94. The van der Waals surface area contributed by atoms with Crippen LogP contribution < -0.4 is 0 Å². The summed E-state index contributed by atoms with van der Waals surface area (Å²) < 4.78 is 28.2. The van der Waals surface area contributed by atoms with Crippen molar-refractivity contribution in [2.45, 2.75) is 12.5 Å². The average Bonchev–Trinajstić information content (AvgIpc) is 2.97. The monoisotopic (exact) mass is 396 g/mol. The molecule has 26 heavy (non-hydrogen) atoms. The van der Waals surface area contributed by atoms with E-state index in [0.717, 1.165) is 0 Å². The fraction of sp³-hybridized carbons (Fsp3) is 0.353. The average molecular weight is 397 g/mol. The highest BCUT2D eigenvalue weighted by Gasteiger charge is 2.33. The summed E-state index contributed by atoms with van der Waals surface area (Å²) in [6.07, 6.45) is 0.392. The topological polar surface area (TPSA) is 93.6 Å². The first-order chi connectivity index (χ1) is 12.3. The van der Waals surface area contributed by atoms with Gasteiger partial charge in [0.25, 0.3) is 5.91 Å². The minimum atomic E-state index is -3.10. The molecule has 0 saturated carbocycles. The van der Waals surface area contributed by atoms with Crippen molar-refractivity contribution >= 4 is 44.2 Å². The minimum absolute atomic E-state index is 0.0617. The molecule has 2 heterocycles. The predicted molar refractivity (Wildman–Crippen MR) is 96.9 cm³/mol. The molecule has 1 aliphatic heterocycles. The zero-order chi connectivity index (χ0) is 18.9. The second-order valence-electron chi connectivity index (χ2n) is 6.15. The number of sulfone groups is 1. The van der Waals surface area contributed by atoms with Crippen molar-refractivity contribution in [3.8, 4) is 0 Å². The summed E-state index contributed by atoms with van der Waals surface area (Å²) in [5.74, 6) is -1.14. The van der Waals surface area contributed by atoms with Gasteiger partial charge in [-0.05, 0) is 18.6 Å². The third kappa shape index (κ3) is 3.96. The molecule has 1 amide bonds. The van der Waals surface area contributed by atoms with Crippen molar-refractivity contribution in [3.05, 3.63) is 41.0 Å². The molecule has 2 aromatic rings. The number of rotatable bonds is 4. The van der Waals surface area contributed by atoms with Crippen LogP contribution in [-0.2, 0) is 19.4 Å². The molecule has 0 bridgehead atoms. The van der Waals surface area contributed by atoms with Crippen LogP contribution in [-0.4, -0.2) is 61.4 Å². The summed E-state index contributed by atoms with van der Waals surface area (Å²) in [6, 6.07) is 7.97. The van der Waals surface area contributed by atoms with E-state index in [0.29, 0.717) is 17.3 Å². The number of fused-ring (bicyclic) bond motifs is 1. The molecule has 1 atom stereocenters. The number of pyridine rings is 1. The first-order valence-corrected chi connectivity index (χ1v) is 10.2. The number of esters is 1. The zero-order valence-electron chi connectivity index (χ0n) is 14.0. The number of aromatic nitrogens is 1. The van der Waals surface area contributed by atoms with Crippen molar-refractivity contribution in [1.82, 2.24) is 9.88 Å². The zero-order valence-corrected chi connectivity index (χ0v) is 15.6. The SMILES string of the molecule is CN(C(=O)COC(=O)c1cc(Cl)nc2ccccc12)C1CCS(=O)(=O)C1. The molecule has 1 fully saturated rings. The second-order valence-corrected chi connectivity index (χ2v) is 8.76. The summed E-state index contributed by atoms with van der Waals surface area (Å²) in [5, 5.41) is 0.722. The maximum atomic E-state index is 12.4. The molecule has 9 heteroatoms. The van der Waals surface area contributed by atoms with Crippen molar-refractivity contribution in [1.29, 1.82) is 0 Å². The van der Waals surface area contributed by atoms with Gasteiger partial charge in [-0.1, -0.05) is 29.8 Å². The molecular weight excluding hydrogens is 380 g/mol. The van der Waals surface area contributed by atoms with E-state index in [1.807, 2.05) is 0 Å². The number of ether oxygens (including phenoxy) is 1. The third-order valence-corrected chi connectivity index (χ3v) is 6.33. The Kier molecular flexibility index (Phi) is 5.15. The Morgan fingerprint density at radius 2 is 2.08 bits per heavy atom. The molecule has 7 nitrogen and oxygen atoms in total. The molecule has 3 rings (SSSR count). The second kappa shape index (κ2) is 7.20. The van der Waals surface area contributed by atoms with Gasteiger partial charge in [0.15, 0.2) is 16.4 Å². The number of carbonyl (C=O) groups is 2. The molecule has 0 spiro atoms. The lowest BCUT2D eigenvalue weighted by atomic mass is 10.1. The Balaban J connectivity index is 1.68. The van der Waals surface area contributed by atoms with Crippen LogP contribution in [0.3, 0.4) is 0 Å². The molecular formula is C17H17ClN2O5S. The molecule has 1 unspecified atom stereocenters. The molecule has 1 aliphatic rings. The van der Waals surface area contributed by atoms with Gasteiger partial charge in [-0.25, -0.2) is 18.2 Å². The maximum absolute atomic E-state index is 12.4. The van der Waals surface area contributed by atoms with Gasteiger partial charge in [-0.15, -0.1) is 0 Å². The van der Waals surface area contributed by atoms with Gasteiger partial charge >= 0.3 is 5.97 Å². The van der Waals surface area contributed by atoms with Crippen molar-refractivity contribution in [2.24, 2.45) is 0 Å². The number of hydrogen-bond acceptors (Lipinski definition) is 6. The van der Waals surface area contributed by atoms with Crippen LogP contribution in [0.15, 0.2) is 30.3 Å². The Hall–Kier alpha value is -2.19. The molecule has 0 aliphatic carbocycles. The largest absolute Gasteiger partial charge is 0.452 e. The number of nitrogens with zero attached hydrogens (tertiary/aromatic N) is 2. The number of halogens is 1. The quantitative estimate of drug-likeness (QED) is 0.576. The van der Waals surface area contributed by atoms with Gasteiger partial charge in [0.2, 0.25) is 0 Å². The first kappa shape index (κ1) is 18.6. The van der Waals surface area contributed by atoms with E-state index >= 15 is 0 Å². The van der Waals surface area contributed by atoms with E-state index in [1.165, 1.54) is 18.0 Å². The molecule has 0 N–H and O–H groups in total. The molecule has 1 saturated heterocycles. The minimum Gasteiger partial charge on any atom is -0.452 e. The maximum Gasteiger partial charge on any atom is 0.339 e. The number of likely N-dealkylation sites (N-methyl/N-ethyl adjacent to an activating group) is 1. The van der Waals surface area contributed by atoms with Crippen molar-refractivity contribution < 1.29 is 22.7 Å². The van der Waals surface area contributed by atoms with Crippen LogP contribution in [0, 0.1) is 0 Å². The highest BCUT2D eigenvalue weighted by atomic mass is 35.5. The van der Waals surface area contributed by atoms with Gasteiger partial charge in [0.1, 0.15) is 5.15 Å². The predicted octanol–water partition coefficient (Wildman–Crippen LogP) is 1.69. The Bertz CT molecular complexity index is 976. The van der Waals surface area contributed by atoms with E-state index in [1.54, 1.807) is 24.3 Å². The first-order valence-electron chi connectivity index (χ1n) is 7.95. The fourth-order valence-corrected chi connectivity index (χ4v) is 4.88. The molecule has 0 radical (unpaired) electrons. The van der Waals surface area contributed by atoms with Crippen LogP contribution in [0.2, 0.25) is 5.15 Å². The Labute approximate surface area is 155 Å². The highest BCUT2D eigenvalue weighted by molar-refractivity contribution is 7.91. The summed E-state index contributed by atoms with van der Waals surface area (Å²) in [5.41, 5.74) is 0.769. The number of benzene rings is 1. The smallest absolute Gasteiger partial charge is 0.339 e. The van der Waals surface area contributed by atoms with Gasteiger partial charge in [-0.2, -0.15) is 0 Å². The van der Waals surface area contributed by atoms with Gasteiger partial charge < -0.3 is 9.64 Å². The summed E-state index contributed by atoms with van der Waals surface area (Å²) in [7, 11) is -1.59. The highest BCUT2D eigenvalue weighted by Crippen LogP contribution is 2.22. The van der Waals surface area contributed by atoms with Crippen LogP contribution >= 0.6 is 11.6 Å². The number of carbonyl (C=O) groups excluding carboxylic acids is 2. The Morgan fingerprint density at radius 3 is 2.77 bits per heavy atom. The van der Waals surface area contributed by atoms with Crippen LogP contribution in [0.25, 0.3) is 10.9 Å². The lowest BCUT2D eigenvalue weighted by Crippen LogP contribution is -2.40. The summed E-state index contributed by atoms with van der Waals surface area (Å²) in [6.45, 7) is -0.472. The van der Waals surface area contributed by atoms with E-state index in [-0.39, 0.29) is 28.3 Å². The number of hydrogen-bond donors (Lipinski definition) is 0. The number of amides is 1.